The van der Waals surface area contributed by atoms with Crippen molar-refractivity contribution < 1.29 is 17.9 Å². The molecule has 1 aromatic rings. The molecule has 2 rings (SSSR count). The summed E-state index contributed by atoms with van der Waals surface area (Å²) in [6, 6.07) is 3.07. The standard InChI is InChI=1S/C14H20N2O4S/c1-5-14(3,4)16-21(18,19)12-7-11-10(6-9(12)2)15-13(17)8-20-11/h6-7,16H,5,8H2,1-4H3,(H,15,17). The fourth-order valence-corrected chi connectivity index (χ4v) is 3.72. The van der Waals surface area contributed by atoms with Gasteiger partial charge in [0.05, 0.1) is 10.6 Å². The van der Waals surface area contributed by atoms with Gasteiger partial charge in [-0.15, -0.1) is 0 Å². The van der Waals surface area contributed by atoms with Gasteiger partial charge in [-0.25, -0.2) is 13.1 Å². The molecular weight excluding hydrogens is 292 g/mol. The topological polar surface area (TPSA) is 84.5 Å². The fourth-order valence-electron chi connectivity index (χ4n) is 2.00. The molecule has 1 heterocycles. The molecule has 1 aliphatic heterocycles. The van der Waals surface area contributed by atoms with Crippen LogP contribution in [0.4, 0.5) is 5.69 Å². The van der Waals surface area contributed by atoms with Crippen LogP contribution in [0.3, 0.4) is 0 Å². The molecule has 0 saturated heterocycles. The summed E-state index contributed by atoms with van der Waals surface area (Å²) in [5, 5.41) is 2.66. The number of fused-ring (bicyclic) bond motifs is 1. The summed E-state index contributed by atoms with van der Waals surface area (Å²) < 4.78 is 33.0. The fraction of sp³-hybridized carbons (Fsp3) is 0.500. The van der Waals surface area contributed by atoms with Gasteiger partial charge in [-0.2, -0.15) is 0 Å². The summed E-state index contributed by atoms with van der Waals surface area (Å²) in [5.41, 5.74) is 0.521. The van der Waals surface area contributed by atoms with Crippen molar-refractivity contribution in [1.29, 1.82) is 0 Å². The monoisotopic (exact) mass is 312 g/mol. The minimum atomic E-state index is -3.65. The minimum Gasteiger partial charge on any atom is -0.482 e. The Hall–Kier alpha value is -1.60. The van der Waals surface area contributed by atoms with Crippen LogP contribution in [0.25, 0.3) is 0 Å². The van der Waals surface area contributed by atoms with Gasteiger partial charge in [-0.1, -0.05) is 6.92 Å². The number of carbonyl (C=O) groups excluding carboxylic acids is 1. The quantitative estimate of drug-likeness (QED) is 0.888. The highest BCUT2D eigenvalue weighted by Crippen LogP contribution is 2.33. The van der Waals surface area contributed by atoms with Crippen molar-refractivity contribution in [1.82, 2.24) is 4.72 Å². The molecule has 2 N–H and O–H groups in total. The zero-order valence-corrected chi connectivity index (χ0v) is 13.4. The Morgan fingerprint density at radius 2 is 2.05 bits per heavy atom. The Morgan fingerprint density at radius 1 is 1.38 bits per heavy atom. The molecule has 0 spiro atoms. The molecule has 21 heavy (non-hydrogen) atoms. The van der Waals surface area contributed by atoms with Crippen LogP contribution in [-0.2, 0) is 14.8 Å². The average molecular weight is 312 g/mol. The number of sulfonamides is 1. The maximum Gasteiger partial charge on any atom is 0.262 e. The van der Waals surface area contributed by atoms with Gasteiger partial charge < -0.3 is 10.1 Å². The van der Waals surface area contributed by atoms with E-state index in [1.54, 1.807) is 13.0 Å². The van der Waals surface area contributed by atoms with Crippen molar-refractivity contribution in [3.8, 4) is 5.75 Å². The van der Waals surface area contributed by atoms with E-state index in [2.05, 4.69) is 10.0 Å². The molecule has 1 aromatic carbocycles. The molecule has 0 fully saturated rings. The second-order valence-electron chi connectivity index (χ2n) is 5.79. The Kier molecular flexibility index (Phi) is 3.99. The third-order valence-corrected chi connectivity index (χ3v) is 5.33. The summed E-state index contributed by atoms with van der Waals surface area (Å²) in [6.07, 6.45) is 0.669. The lowest BCUT2D eigenvalue weighted by atomic mass is 10.0. The van der Waals surface area contributed by atoms with Crippen LogP contribution < -0.4 is 14.8 Å². The van der Waals surface area contributed by atoms with Crippen molar-refractivity contribution in [2.24, 2.45) is 0 Å². The first-order chi connectivity index (χ1) is 9.64. The normalized spacial score (nSPS) is 15.1. The maximum atomic E-state index is 12.5. The van der Waals surface area contributed by atoms with Gasteiger partial charge in [0.2, 0.25) is 10.0 Å². The number of anilines is 1. The molecule has 0 unspecified atom stereocenters. The highest BCUT2D eigenvalue weighted by atomic mass is 32.2. The molecular formula is C14H20N2O4S. The van der Waals surface area contributed by atoms with E-state index < -0.39 is 15.6 Å². The summed E-state index contributed by atoms with van der Waals surface area (Å²) >= 11 is 0. The van der Waals surface area contributed by atoms with E-state index in [0.717, 1.165) is 0 Å². The summed E-state index contributed by atoms with van der Waals surface area (Å²) in [7, 11) is -3.65. The number of aryl methyl sites for hydroxylation is 1. The first kappa shape index (κ1) is 15.8. The Bertz CT molecular complexity index is 680. The van der Waals surface area contributed by atoms with Crippen molar-refractivity contribution in [2.75, 3.05) is 11.9 Å². The lowest BCUT2D eigenvalue weighted by molar-refractivity contribution is -0.118. The Balaban J connectivity index is 2.43. The molecule has 116 valence electrons. The molecule has 1 aliphatic rings. The van der Waals surface area contributed by atoms with Crippen LogP contribution in [0.15, 0.2) is 17.0 Å². The number of rotatable bonds is 4. The number of ether oxygens (including phenoxy) is 1. The van der Waals surface area contributed by atoms with E-state index in [1.165, 1.54) is 6.07 Å². The molecule has 0 saturated carbocycles. The molecule has 0 bridgehead atoms. The largest absolute Gasteiger partial charge is 0.482 e. The molecule has 6 nitrogen and oxygen atoms in total. The Morgan fingerprint density at radius 3 is 2.67 bits per heavy atom. The SMILES string of the molecule is CCC(C)(C)NS(=O)(=O)c1cc2c(cc1C)NC(=O)CO2. The minimum absolute atomic E-state index is 0.108. The third kappa shape index (κ3) is 3.36. The van der Waals surface area contributed by atoms with Crippen LogP contribution in [0.1, 0.15) is 32.8 Å². The summed E-state index contributed by atoms with van der Waals surface area (Å²) in [5.74, 6) is 0.123. The second-order valence-corrected chi connectivity index (χ2v) is 7.44. The van der Waals surface area contributed by atoms with Gasteiger partial charge in [-0.3, -0.25) is 4.79 Å². The smallest absolute Gasteiger partial charge is 0.262 e. The summed E-state index contributed by atoms with van der Waals surface area (Å²) in [6.45, 7) is 7.16. The second kappa shape index (κ2) is 5.31. The van der Waals surface area contributed by atoms with E-state index in [4.69, 9.17) is 4.74 Å². The van der Waals surface area contributed by atoms with E-state index in [-0.39, 0.29) is 17.4 Å². The van der Waals surface area contributed by atoms with Crippen LogP contribution >= 0.6 is 0 Å². The number of hydrogen-bond donors (Lipinski definition) is 2. The highest BCUT2D eigenvalue weighted by Gasteiger charge is 2.28. The van der Waals surface area contributed by atoms with Crippen molar-refractivity contribution in [3.63, 3.8) is 0 Å². The third-order valence-electron chi connectivity index (χ3n) is 3.49. The first-order valence-corrected chi connectivity index (χ1v) is 8.24. The predicted octanol–water partition coefficient (Wildman–Crippen LogP) is 1.79. The van der Waals surface area contributed by atoms with Gasteiger partial charge in [0.25, 0.3) is 5.91 Å². The molecule has 0 radical (unpaired) electrons. The average Bonchev–Trinajstić information content (AvgIpc) is 2.36. The number of carbonyl (C=O) groups is 1. The van der Waals surface area contributed by atoms with Gasteiger partial charge >= 0.3 is 0 Å². The highest BCUT2D eigenvalue weighted by molar-refractivity contribution is 7.89. The number of amides is 1. The van der Waals surface area contributed by atoms with E-state index >= 15 is 0 Å². The number of hydrogen-bond acceptors (Lipinski definition) is 4. The maximum absolute atomic E-state index is 12.5. The van der Waals surface area contributed by atoms with Gasteiger partial charge in [0, 0.05) is 11.6 Å². The molecule has 0 aromatic heterocycles. The van der Waals surface area contributed by atoms with Crippen LogP contribution in [0.5, 0.6) is 5.75 Å². The van der Waals surface area contributed by atoms with Crippen LogP contribution in [-0.4, -0.2) is 26.5 Å². The lowest BCUT2D eigenvalue weighted by Gasteiger charge is -2.25. The first-order valence-electron chi connectivity index (χ1n) is 6.76. The molecule has 0 aliphatic carbocycles. The van der Waals surface area contributed by atoms with Crippen LogP contribution in [0.2, 0.25) is 0 Å². The van der Waals surface area contributed by atoms with Gasteiger partial charge in [-0.05, 0) is 38.8 Å². The molecule has 0 atom stereocenters. The summed E-state index contributed by atoms with van der Waals surface area (Å²) in [4.78, 5) is 11.4. The predicted molar refractivity (Wildman–Crippen MR) is 80.0 cm³/mol. The lowest BCUT2D eigenvalue weighted by Crippen LogP contribution is -2.42. The molecule has 7 heteroatoms. The zero-order valence-electron chi connectivity index (χ0n) is 12.6. The zero-order chi connectivity index (χ0) is 15.8. The Labute approximate surface area is 124 Å². The van der Waals surface area contributed by atoms with E-state index in [1.807, 2.05) is 20.8 Å². The van der Waals surface area contributed by atoms with Crippen molar-refractivity contribution >= 4 is 21.6 Å². The van der Waals surface area contributed by atoms with Gasteiger partial charge in [0.1, 0.15) is 5.75 Å². The van der Waals surface area contributed by atoms with Crippen molar-refractivity contribution in [2.45, 2.75) is 44.6 Å². The number of nitrogens with one attached hydrogen (secondary N) is 2. The van der Waals surface area contributed by atoms with E-state index in [0.29, 0.717) is 23.4 Å². The van der Waals surface area contributed by atoms with Crippen molar-refractivity contribution in [3.05, 3.63) is 17.7 Å². The van der Waals surface area contributed by atoms with Crippen LogP contribution in [0, 0.1) is 6.92 Å². The van der Waals surface area contributed by atoms with E-state index in [9.17, 15) is 13.2 Å². The number of benzene rings is 1. The van der Waals surface area contributed by atoms with Gasteiger partial charge in [0.15, 0.2) is 6.61 Å². The molecule has 1 amide bonds.